The van der Waals surface area contributed by atoms with Gasteiger partial charge in [-0.05, 0) is 24.0 Å². The molecule has 8 amide bonds. The van der Waals surface area contributed by atoms with Crippen LogP contribution in [0.2, 0.25) is 0 Å². The first-order chi connectivity index (χ1) is 32.4. The molecule has 2 fully saturated rings. The summed E-state index contributed by atoms with van der Waals surface area (Å²) in [5, 5.41) is 9.51. The third kappa shape index (κ3) is 21.4. The monoisotopic (exact) mass is 1010 g/mol. The van der Waals surface area contributed by atoms with Crippen molar-refractivity contribution in [1.82, 2.24) is 26.2 Å². The molecule has 3 rings (SSSR count). The molecule has 0 spiro atoms. The van der Waals surface area contributed by atoms with Crippen molar-refractivity contribution in [2.24, 2.45) is 11.5 Å². The molecule has 2 atom stereocenters. The minimum atomic E-state index is -1.23. The van der Waals surface area contributed by atoms with E-state index in [2.05, 4.69) is 21.3 Å². The fourth-order valence-electron chi connectivity index (χ4n) is 6.30. The number of ketones is 4. The number of thioether (sulfide) groups is 1. The third-order valence-electron chi connectivity index (χ3n) is 10.1. The van der Waals surface area contributed by atoms with Crippen LogP contribution in [0.3, 0.4) is 0 Å². The van der Waals surface area contributed by atoms with Gasteiger partial charge in [0, 0.05) is 83.8 Å². The van der Waals surface area contributed by atoms with Gasteiger partial charge < -0.3 is 46.9 Å². The van der Waals surface area contributed by atoms with Gasteiger partial charge in [0.2, 0.25) is 45.4 Å². The van der Waals surface area contributed by atoms with Gasteiger partial charge in [0.1, 0.15) is 13.2 Å². The number of nitrogens with one attached hydrogen (secondary N) is 4. The number of carbonyl (C=O) groups is 12. The van der Waals surface area contributed by atoms with E-state index in [1.807, 2.05) is 0 Å². The van der Waals surface area contributed by atoms with E-state index in [0.29, 0.717) is 12.0 Å². The van der Waals surface area contributed by atoms with Crippen LogP contribution in [0.25, 0.3) is 0 Å². The van der Waals surface area contributed by atoms with E-state index in [-0.39, 0.29) is 140 Å². The molecule has 1 aromatic carbocycles. The Morgan fingerprint density at radius 3 is 2.06 bits per heavy atom. The number of Topliss-reactive ketones (excluding diaryl/α,β-unsaturated/α-hetero) is 4. The molecule has 0 aliphatic carbocycles. The first-order valence-electron chi connectivity index (χ1n) is 21.8. The van der Waals surface area contributed by atoms with Crippen molar-refractivity contribution in [2.45, 2.75) is 86.0 Å². The van der Waals surface area contributed by atoms with Crippen molar-refractivity contribution < 1.29 is 71.7 Å². The van der Waals surface area contributed by atoms with Crippen molar-refractivity contribution in [3.8, 4) is 0 Å². The zero-order valence-electron chi connectivity index (χ0n) is 37.8. The van der Waals surface area contributed by atoms with E-state index in [9.17, 15) is 57.5 Å². The second kappa shape index (κ2) is 30.3. The van der Waals surface area contributed by atoms with E-state index in [1.165, 1.54) is 7.05 Å². The van der Waals surface area contributed by atoms with Gasteiger partial charge in [0.05, 0.1) is 44.1 Å². The Labute approximate surface area is 405 Å². The number of likely N-dealkylation sites (tertiary alicyclic amines) is 1. The normalized spacial score (nSPS) is 15.2. The van der Waals surface area contributed by atoms with E-state index in [1.54, 1.807) is 24.3 Å². The molecule has 0 radical (unpaired) electrons. The number of benzene rings is 1. The van der Waals surface area contributed by atoms with Gasteiger partial charge in [-0.1, -0.05) is 45.9 Å². The number of primary amides is 2. The summed E-state index contributed by atoms with van der Waals surface area (Å²) in [5.41, 5.74) is 12.0. The summed E-state index contributed by atoms with van der Waals surface area (Å²) in [6.45, 7) is 0.126. The lowest BCUT2D eigenvalue weighted by atomic mass is 10.0. The predicted molar refractivity (Wildman–Crippen MR) is 249 cm³/mol. The largest absolute Gasteiger partial charge is 0.379 e. The molecule has 2 aliphatic rings. The fraction of sp³-hybridized carbons (Fsp3) is 0.581. The highest BCUT2D eigenvalue weighted by Gasteiger charge is 2.58. The first kappa shape index (κ1) is 57.1. The molecule has 1 aromatic rings. The highest BCUT2D eigenvalue weighted by Crippen LogP contribution is 2.65. The van der Waals surface area contributed by atoms with Gasteiger partial charge in [0.25, 0.3) is 5.91 Å². The summed E-state index contributed by atoms with van der Waals surface area (Å²) in [6.07, 6.45) is -0.547. The number of carbonyl (C=O) groups excluding carboxylic acids is 12. The van der Waals surface area contributed by atoms with Gasteiger partial charge in [-0.2, -0.15) is 0 Å². The van der Waals surface area contributed by atoms with Crippen molar-refractivity contribution in [3.05, 3.63) is 35.4 Å². The standard InChI is InChI=1S/C43H59N7O15S3/c1-46-36(56)10-14-47-37(57)9-6-27-2-4-28(5-3-27)22-30(52)26-65-25-29(51)7-8-31(32(53)23-35(44)55)49-39(59)13-21-66-33-24-40(60)50(41(33)61)16-11-38(58)48-15-18-64-20-19-63-17-12-34(54)43(42(45)62)67-68-43/h2-5,31,33H,6-26H2,1H3,(H2,44,55)(H2,45,62)(H,46,56)(H,47,57)(H,48,58)(H,49,59)/t31-,33?/m1/s1. The number of nitrogens with zero attached hydrogens (tertiary/aromatic N) is 1. The highest BCUT2D eigenvalue weighted by atomic mass is 33.2. The third-order valence-corrected chi connectivity index (χ3v) is 14.2. The molecule has 2 heterocycles. The van der Waals surface area contributed by atoms with Crippen LogP contribution in [0.4, 0.5) is 0 Å². The van der Waals surface area contributed by atoms with E-state index < -0.39 is 75.4 Å². The van der Waals surface area contributed by atoms with Crippen LogP contribution in [0.5, 0.6) is 0 Å². The fourth-order valence-corrected chi connectivity index (χ4v) is 9.36. The van der Waals surface area contributed by atoms with Gasteiger partial charge in [0.15, 0.2) is 23.1 Å². The van der Waals surface area contributed by atoms with Gasteiger partial charge in [-0.15, -0.1) is 11.8 Å². The van der Waals surface area contributed by atoms with Gasteiger partial charge >= 0.3 is 0 Å². The molecule has 25 heteroatoms. The summed E-state index contributed by atoms with van der Waals surface area (Å²) < 4.78 is 14.8. The highest BCUT2D eigenvalue weighted by molar-refractivity contribution is 8.94. The second-order valence-corrected chi connectivity index (χ2v) is 19.6. The van der Waals surface area contributed by atoms with Crippen LogP contribution in [-0.2, 0) is 84.6 Å². The Morgan fingerprint density at radius 2 is 1.40 bits per heavy atom. The molecule has 0 bridgehead atoms. The second-order valence-electron chi connectivity index (χ2n) is 15.4. The van der Waals surface area contributed by atoms with Gasteiger partial charge in [-0.3, -0.25) is 62.4 Å². The number of nitrogens with two attached hydrogens (primary N) is 2. The number of hydrogen-bond donors (Lipinski definition) is 6. The Kier molecular flexibility index (Phi) is 25.5. The van der Waals surface area contributed by atoms with E-state index in [4.69, 9.17) is 25.7 Å². The average molecular weight is 1010 g/mol. The molecule has 374 valence electrons. The number of hydrogen-bond acceptors (Lipinski definition) is 18. The summed E-state index contributed by atoms with van der Waals surface area (Å²) in [6, 6.07) is 5.88. The molecule has 0 aromatic heterocycles. The van der Waals surface area contributed by atoms with Crippen molar-refractivity contribution >= 4 is 104 Å². The van der Waals surface area contributed by atoms with Crippen LogP contribution < -0.4 is 32.7 Å². The average Bonchev–Trinajstić information content (AvgIpc) is 4.07. The lowest BCUT2D eigenvalue weighted by Crippen LogP contribution is -2.42. The van der Waals surface area contributed by atoms with Crippen molar-refractivity contribution in [1.29, 1.82) is 0 Å². The Hall–Kier alpha value is -5.21. The minimum absolute atomic E-state index is 0.0401. The summed E-state index contributed by atoms with van der Waals surface area (Å²) >= 11 is 1.06. The molecular formula is C43H59N7O15S3. The molecule has 2 saturated heterocycles. The SMILES string of the molecule is CNC(=O)CCNC(=O)CCc1ccc(CC(=O)COCC(=O)CC[C@@H](NC(=O)CCSC2CC(=O)N(CCC(=O)NCCOCCOCCC(=O)C3(C(N)=O)SS3)C2=O)C(=O)CC(N)=O)cc1. The molecule has 2 aliphatic heterocycles. The lowest BCUT2D eigenvalue weighted by Gasteiger charge is -2.17. The van der Waals surface area contributed by atoms with Crippen LogP contribution in [0.15, 0.2) is 24.3 Å². The van der Waals surface area contributed by atoms with E-state index in [0.717, 1.165) is 43.8 Å². The first-order valence-corrected chi connectivity index (χ1v) is 25.0. The topological polar surface area (TPSA) is 336 Å². The number of imide groups is 1. The molecule has 8 N–H and O–H groups in total. The van der Waals surface area contributed by atoms with Crippen LogP contribution in [0.1, 0.15) is 68.9 Å². The Balaban J connectivity index is 1.27. The van der Waals surface area contributed by atoms with Crippen LogP contribution >= 0.6 is 33.3 Å². The molecule has 22 nitrogen and oxygen atoms in total. The van der Waals surface area contributed by atoms with Crippen molar-refractivity contribution in [2.75, 3.05) is 72.1 Å². The number of ether oxygens (including phenoxy) is 3. The number of aryl methyl sites for hydroxylation is 1. The quantitative estimate of drug-likeness (QED) is 0.0147. The molecular weight excluding hydrogens is 951 g/mol. The maximum Gasteiger partial charge on any atom is 0.253 e. The van der Waals surface area contributed by atoms with Gasteiger partial charge in [-0.25, -0.2) is 0 Å². The molecule has 0 saturated carbocycles. The van der Waals surface area contributed by atoms with Crippen LogP contribution in [0, 0.1) is 0 Å². The smallest absolute Gasteiger partial charge is 0.253 e. The Bertz CT molecular complexity index is 2000. The molecule has 68 heavy (non-hydrogen) atoms. The zero-order chi connectivity index (χ0) is 50.1. The number of amides is 8. The maximum absolute atomic E-state index is 12.9. The number of rotatable bonds is 37. The zero-order valence-corrected chi connectivity index (χ0v) is 40.2. The lowest BCUT2D eigenvalue weighted by molar-refractivity contribution is -0.139. The molecule has 1 unspecified atom stereocenters. The maximum atomic E-state index is 12.9. The predicted octanol–water partition coefficient (Wildman–Crippen LogP) is -1.40. The minimum Gasteiger partial charge on any atom is -0.379 e. The Morgan fingerprint density at radius 1 is 0.750 bits per heavy atom. The summed E-state index contributed by atoms with van der Waals surface area (Å²) in [7, 11) is 3.77. The van der Waals surface area contributed by atoms with E-state index >= 15 is 0 Å². The van der Waals surface area contributed by atoms with Crippen molar-refractivity contribution in [3.63, 3.8) is 0 Å². The summed E-state index contributed by atoms with van der Waals surface area (Å²) in [4.78, 5) is 148. The van der Waals surface area contributed by atoms with Crippen LogP contribution in [-0.4, -0.2) is 163 Å². The summed E-state index contributed by atoms with van der Waals surface area (Å²) in [5.74, 6) is -5.62.